The molecule has 0 aromatic rings. The average Bonchev–Trinajstić information content (AvgIpc) is 3.60. The molecule has 0 aliphatic carbocycles. The zero-order valence-corrected chi connectivity index (χ0v) is 25.9. The molecule has 3 heterocycles. The van der Waals surface area contributed by atoms with Crippen LogP contribution in [0.2, 0.25) is 0 Å². The molecule has 0 saturated carbocycles. The Bertz CT molecular complexity index is 941. The lowest BCUT2D eigenvalue weighted by Gasteiger charge is -2.44. The zero-order chi connectivity index (χ0) is 30.6. The maximum atomic E-state index is 13.2. The predicted molar refractivity (Wildman–Crippen MR) is 152 cm³/mol. The minimum atomic E-state index is -1.15. The molecule has 0 unspecified atom stereocenters. The third kappa shape index (κ3) is 8.24. The van der Waals surface area contributed by atoms with E-state index in [1.165, 1.54) is 0 Å². The van der Waals surface area contributed by atoms with E-state index in [2.05, 4.69) is 0 Å². The Morgan fingerprint density at radius 2 is 1.80 bits per heavy atom. The van der Waals surface area contributed by atoms with Crippen LogP contribution in [-0.4, -0.2) is 102 Å². The van der Waals surface area contributed by atoms with Crippen molar-refractivity contribution in [3.05, 3.63) is 12.2 Å². The maximum Gasteiger partial charge on any atom is 0.308 e. The first-order valence-electron chi connectivity index (χ1n) is 15.1. The van der Waals surface area contributed by atoms with E-state index in [9.17, 15) is 24.6 Å². The number of aliphatic hydroxyl groups excluding tert-OH is 2. The van der Waals surface area contributed by atoms with Crippen LogP contribution in [0.25, 0.3) is 0 Å². The van der Waals surface area contributed by atoms with Gasteiger partial charge in [-0.25, -0.2) is 0 Å². The molecule has 0 bridgehead atoms. The standard InChI is InChI=1S/C31H51NO9/c1-9-25-20(5)29-31(6,41-29)12-10-23(34)17(2)14-21(11-13-33)28(19(4)24(35)16-26(36)39-25)40-30-27(37)22(32(7)8)15-18(3)38-30/h10,12-13,17-22,24-25,27-30,35,37H,9,11,14-16H2,1-8H3/b12-10-/t17-,18-,19+,20-,21+,22+,24-,25-,27+,28-,29+,30+,31+/m1/s1. The number of aliphatic hydroxyl groups is 2. The van der Waals surface area contributed by atoms with Crippen molar-refractivity contribution in [1.82, 2.24) is 4.90 Å². The summed E-state index contributed by atoms with van der Waals surface area (Å²) >= 11 is 0. The Morgan fingerprint density at radius 3 is 2.41 bits per heavy atom. The van der Waals surface area contributed by atoms with Gasteiger partial charge in [-0.05, 0) is 65.3 Å². The molecule has 0 spiro atoms. The normalized spacial score (nSPS) is 45.5. The second-order valence-electron chi connectivity index (χ2n) is 12.9. The van der Waals surface area contributed by atoms with E-state index in [0.29, 0.717) is 19.3 Å². The molecule has 2 N–H and O–H groups in total. The number of carbonyl (C=O) groups excluding carboxylic acids is 3. The van der Waals surface area contributed by atoms with E-state index in [1.54, 1.807) is 19.1 Å². The van der Waals surface area contributed by atoms with Gasteiger partial charge in [0.25, 0.3) is 0 Å². The van der Waals surface area contributed by atoms with Gasteiger partial charge in [0.05, 0.1) is 30.8 Å². The molecular weight excluding hydrogens is 530 g/mol. The van der Waals surface area contributed by atoms with Gasteiger partial charge in [0.2, 0.25) is 0 Å². The molecular formula is C31H51NO9. The van der Waals surface area contributed by atoms with Gasteiger partial charge in [-0.2, -0.15) is 0 Å². The van der Waals surface area contributed by atoms with E-state index in [0.717, 1.165) is 6.29 Å². The summed E-state index contributed by atoms with van der Waals surface area (Å²) in [5.41, 5.74) is -0.637. The molecule has 3 rings (SSSR count). The SMILES string of the molecule is CC[C@H]1OC(=O)C[C@@H](O)[C@H](C)[C@@H](O[C@@H]2O[C@H](C)C[C@H](N(C)C)[C@@H]2O)[C@@H](CC=O)C[C@@H](C)C(=O)/C=C\[C@]2(C)O[C@H]2[C@@H]1C. The molecule has 0 amide bonds. The second kappa shape index (κ2) is 14.2. The van der Waals surface area contributed by atoms with Gasteiger partial charge in [-0.1, -0.05) is 27.7 Å². The average molecular weight is 582 g/mol. The van der Waals surface area contributed by atoms with E-state index in [4.69, 9.17) is 18.9 Å². The van der Waals surface area contributed by atoms with Crippen molar-refractivity contribution < 1.29 is 43.5 Å². The van der Waals surface area contributed by atoms with Crippen molar-refractivity contribution in [3.8, 4) is 0 Å². The second-order valence-corrected chi connectivity index (χ2v) is 12.9. The first kappa shape index (κ1) is 33.8. The summed E-state index contributed by atoms with van der Waals surface area (Å²) in [7, 11) is 3.76. The fourth-order valence-corrected chi connectivity index (χ4v) is 6.50. The summed E-state index contributed by atoms with van der Waals surface area (Å²) in [4.78, 5) is 40.0. The lowest BCUT2D eigenvalue weighted by molar-refractivity contribution is -0.283. The van der Waals surface area contributed by atoms with Crippen molar-refractivity contribution in [2.45, 2.75) is 128 Å². The van der Waals surface area contributed by atoms with Crippen LogP contribution in [0.15, 0.2) is 12.2 Å². The summed E-state index contributed by atoms with van der Waals surface area (Å²) in [6.45, 7) is 11.3. The predicted octanol–water partition coefficient (Wildman–Crippen LogP) is 2.67. The van der Waals surface area contributed by atoms with E-state index >= 15 is 0 Å². The van der Waals surface area contributed by atoms with Gasteiger partial charge in [0.15, 0.2) is 12.1 Å². The third-order valence-corrected chi connectivity index (χ3v) is 9.29. The molecule has 10 nitrogen and oxygen atoms in total. The minimum Gasteiger partial charge on any atom is -0.462 e. The molecule has 0 radical (unpaired) electrons. The van der Waals surface area contributed by atoms with Crippen molar-refractivity contribution in [1.29, 1.82) is 0 Å². The zero-order valence-electron chi connectivity index (χ0n) is 25.9. The van der Waals surface area contributed by atoms with Crippen LogP contribution >= 0.6 is 0 Å². The number of likely N-dealkylation sites (N-methyl/N-ethyl adjacent to an activating group) is 1. The number of aldehydes is 1. The highest BCUT2D eigenvalue weighted by Gasteiger charge is 2.55. The highest BCUT2D eigenvalue weighted by molar-refractivity contribution is 5.91. The van der Waals surface area contributed by atoms with Crippen LogP contribution in [0.5, 0.6) is 0 Å². The number of nitrogens with zero attached hydrogens (tertiary/aromatic N) is 1. The molecule has 0 aromatic carbocycles. The Morgan fingerprint density at radius 1 is 1.12 bits per heavy atom. The number of rotatable bonds is 6. The highest BCUT2D eigenvalue weighted by atomic mass is 16.7. The quantitative estimate of drug-likeness (QED) is 0.274. The number of carbonyl (C=O) groups is 3. The van der Waals surface area contributed by atoms with Crippen molar-refractivity contribution in [3.63, 3.8) is 0 Å². The van der Waals surface area contributed by atoms with Gasteiger partial charge in [0, 0.05) is 30.2 Å². The smallest absolute Gasteiger partial charge is 0.308 e. The number of epoxide rings is 1. The van der Waals surface area contributed by atoms with Crippen LogP contribution in [0.3, 0.4) is 0 Å². The lowest BCUT2D eigenvalue weighted by Crippen LogP contribution is -2.56. The topological polar surface area (TPSA) is 135 Å². The number of hydrogen-bond donors (Lipinski definition) is 2. The minimum absolute atomic E-state index is 0.0707. The molecule has 234 valence electrons. The maximum absolute atomic E-state index is 13.2. The third-order valence-electron chi connectivity index (χ3n) is 9.29. The Labute approximate surface area is 244 Å². The van der Waals surface area contributed by atoms with Crippen LogP contribution < -0.4 is 0 Å². The van der Waals surface area contributed by atoms with E-state index < -0.39 is 60.0 Å². The fourth-order valence-electron chi connectivity index (χ4n) is 6.50. The lowest BCUT2D eigenvalue weighted by atomic mass is 9.79. The van der Waals surface area contributed by atoms with Crippen molar-refractivity contribution >= 4 is 18.0 Å². The largest absolute Gasteiger partial charge is 0.462 e. The molecule has 2 saturated heterocycles. The molecule has 0 aromatic heterocycles. The fraction of sp³-hybridized carbons (Fsp3) is 0.839. The van der Waals surface area contributed by atoms with Crippen LogP contribution in [0.4, 0.5) is 0 Å². The van der Waals surface area contributed by atoms with E-state index in [1.807, 2.05) is 53.6 Å². The van der Waals surface area contributed by atoms with Crippen molar-refractivity contribution in [2.24, 2.45) is 23.7 Å². The first-order chi connectivity index (χ1) is 19.2. The number of allylic oxidation sites excluding steroid dienone is 1. The first-order valence-corrected chi connectivity index (χ1v) is 15.1. The number of ketones is 1. The van der Waals surface area contributed by atoms with Gasteiger partial charge >= 0.3 is 5.97 Å². The Hall–Kier alpha value is -1.69. The Kier molecular flexibility index (Phi) is 11.7. The molecule has 13 atom stereocenters. The summed E-state index contributed by atoms with van der Waals surface area (Å²) < 4.78 is 24.2. The summed E-state index contributed by atoms with van der Waals surface area (Å²) in [6, 6.07) is -0.219. The van der Waals surface area contributed by atoms with Gasteiger partial charge in [-0.15, -0.1) is 0 Å². The van der Waals surface area contributed by atoms with E-state index in [-0.39, 0.29) is 42.8 Å². The number of fused-ring (bicyclic) bond motifs is 1. The summed E-state index contributed by atoms with van der Waals surface area (Å²) in [5.74, 6) is -2.32. The van der Waals surface area contributed by atoms with Crippen LogP contribution in [0.1, 0.15) is 73.6 Å². The molecule has 10 heteroatoms. The number of hydrogen-bond acceptors (Lipinski definition) is 10. The van der Waals surface area contributed by atoms with Gasteiger partial charge in [0.1, 0.15) is 24.1 Å². The molecule has 3 aliphatic rings. The monoisotopic (exact) mass is 581 g/mol. The van der Waals surface area contributed by atoms with Crippen molar-refractivity contribution in [2.75, 3.05) is 14.1 Å². The molecule has 2 fully saturated rings. The number of ether oxygens (including phenoxy) is 4. The number of cyclic esters (lactones) is 1. The van der Waals surface area contributed by atoms with Gasteiger partial charge < -0.3 is 38.9 Å². The summed E-state index contributed by atoms with van der Waals surface area (Å²) in [6.07, 6.45) is 0.627. The molecule has 3 aliphatic heterocycles. The van der Waals surface area contributed by atoms with Gasteiger partial charge in [-0.3, -0.25) is 9.59 Å². The highest BCUT2D eigenvalue weighted by Crippen LogP contribution is 2.45. The van der Waals surface area contributed by atoms with Crippen LogP contribution in [0, 0.1) is 23.7 Å². The Balaban J connectivity index is 1.95. The molecule has 41 heavy (non-hydrogen) atoms. The van der Waals surface area contributed by atoms with Crippen LogP contribution in [-0.2, 0) is 33.3 Å². The summed E-state index contributed by atoms with van der Waals surface area (Å²) in [5, 5.41) is 22.4. The number of esters is 1.